The van der Waals surface area contributed by atoms with Crippen LogP contribution in [0.1, 0.15) is 17.2 Å². The van der Waals surface area contributed by atoms with Crippen molar-refractivity contribution in [1.82, 2.24) is 9.21 Å². The van der Waals surface area contributed by atoms with Crippen molar-refractivity contribution >= 4 is 44.6 Å². The van der Waals surface area contributed by atoms with Gasteiger partial charge >= 0.3 is 0 Å². The first-order chi connectivity index (χ1) is 16.2. The van der Waals surface area contributed by atoms with E-state index in [-0.39, 0.29) is 16.4 Å². The smallest absolute Gasteiger partial charge is 0.252 e. The SMILES string of the molecule is O=S(=O)(c1ccc(Cl)s1)N1CCN(CC(OCc2c(F)cccc2F)c2ccc(Cl)cc2)CC1. The molecule has 2 aromatic carbocycles. The second kappa shape index (κ2) is 11.0. The maximum atomic E-state index is 14.1. The molecule has 1 unspecified atom stereocenters. The predicted molar refractivity (Wildman–Crippen MR) is 130 cm³/mol. The Labute approximate surface area is 211 Å². The Kier molecular flexibility index (Phi) is 8.24. The van der Waals surface area contributed by atoms with E-state index < -0.39 is 27.8 Å². The zero-order valence-corrected chi connectivity index (χ0v) is 21.1. The molecule has 1 aliphatic heterocycles. The standard InChI is InChI=1S/C23H22Cl2F2N2O3S2/c24-17-6-4-16(5-7-17)21(32-15-18-19(26)2-1-3-20(18)27)14-28-10-12-29(13-11-28)34(30,31)23-9-8-22(25)33-23/h1-9,21H,10-15H2. The highest BCUT2D eigenvalue weighted by molar-refractivity contribution is 7.91. The van der Waals surface area contributed by atoms with Crippen LogP contribution in [0.2, 0.25) is 9.36 Å². The topological polar surface area (TPSA) is 49.9 Å². The fourth-order valence-electron chi connectivity index (χ4n) is 3.74. The molecule has 1 atom stereocenters. The number of ether oxygens (including phenoxy) is 1. The summed E-state index contributed by atoms with van der Waals surface area (Å²) in [5.41, 5.74) is 0.677. The van der Waals surface area contributed by atoms with E-state index in [9.17, 15) is 17.2 Å². The van der Waals surface area contributed by atoms with Crippen LogP contribution in [0.3, 0.4) is 0 Å². The zero-order valence-electron chi connectivity index (χ0n) is 18.0. The number of halogens is 4. The second-order valence-corrected chi connectivity index (χ2v) is 12.1. The number of benzene rings is 2. The van der Waals surface area contributed by atoms with E-state index in [0.717, 1.165) is 16.9 Å². The molecule has 1 aliphatic rings. The van der Waals surface area contributed by atoms with Gasteiger partial charge in [-0.1, -0.05) is 41.4 Å². The second-order valence-electron chi connectivity index (χ2n) is 7.81. The van der Waals surface area contributed by atoms with Crippen LogP contribution in [-0.2, 0) is 21.4 Å². The van der Waals surface area contributed by atoms with Gasteiger partial charge in [-0.25, -0.2) is 17.2 Å². The summed E-state index contributed by atoms with van der Waals surface area (Å²) >= 11 is 13.0. The van der Waals surface area contributed by atoms with Crippen LogP contribution in [0.4, 0.5) is 8.78 Å². The zero-order chi connectivity index (χ0) is 24.3. The van der Waals surface area contributed by atoms with Crippen LogP contribution in [0, 0.1) is 11.6 Å². The van der Waals surface area contributed by atoms with Crippen LogP contribution >= 0.6 is 34.5 Å². The van der Waals surface area contributed by atoms with Crippen molar-refractivity contribution in [2.24, 2.45) is 0 Å². The van der Waals surface area contributed by atoms with Gasteiger partial charge in [0.25, 0.3) is 10.0 Å². The summed E-state index contributed by atoms with van der Waals surface area (Å²) in [7, 11) is -3.59. The Morgan fingerprint density at radius 3 is 2.18 bits per heavy atom. The van der Waals surface area contributed by atoms with Crippen molar-refractivity contribution in [3.63, 3.8) is 0 Å². The summed E-state index contributed by atoms with van der Waals surface area (Å²) in [5, 5.41) is 0.565. The highest BCUT2D eigenvalue weighted by Crippen LogP contribution is 2.29. The van der Waals surface area contributed by atoms with Gasteiger partial charge in [0, 0.05) is 43.3 Å². The Balaban J connectivity index is 1.44. The maximum absolute atomic E-state index is 14.1. The van der Waals surface area contributed by atoms with Gasteiger partial charge in [0.1, 0.15) is 15.8 Å². The molecule has 182 valence electrons. The summed E-state index contributed by atoms with van der Waals surface area (Å²) in [6, 6.07) is 13.9. The number of thiophene rings is 1. The van der Waals surface area contributed by atoms with Gasteiger partial charge in [-0.2, -0.15) is 4.31 Å². The summed E-state index contributed by atoms with van der Waals surface area (Å²) in [6.07, 6.45) is -0.490. The molecule has 0 aliphatic carbocycles. The van der Waals surface area contributed by atoms with Crippen molar-refractivity contribution in [2.45, 2.75) is 16.9 Å². The van der Waals surface area contributed by atoms with Crippen LogP contribution < -0.4 is 0 Å². The van der Waals surface area contributed by atoms with Crippen molar-refractivity contribution in [2.75, 3.05) is 32.7 Å². The van der Waals surface area contributed by atoms with E-state index in [2.05, 4.69) is 4.90 Å². The quantitative estimate of drug-likeness (QED) is 0.369. The van der Waals surface area contributed by atoms with Gasteiger partial charge in [-0.15, -0.1) is 11.3 Å². The van der Waals surface area contributed by atoms with E-state index in [0.29, 0.717) is 42.1 Å². The first-order valence-corrected chi connectivity index (χ1v) is 13.5. The number of sulfonamides is 1. The fraction of sp³-hybridized carbons (Fsp3) is 0.304. The van der Waals surface area contributed by atoms with Crippen LogP contribution in [-0.4, -0.2) is 50.3 Å². The molecular weight excluding hydrogens is 525 g/mol. The van der Waals surface area contributed by atoms with Crippen molar-refractivity contribution < 1.29 is 21.9 Å². The number of hydrogen-bond acceptors (Lipinski definition) is 5. The first-order valence-electron chi connectivity index (χ1n) is 10.5. The third-order valence-electron chi connectivity index (χ3n) is 5.63. The molecule has 34 heavy (non-hydrogen) atoms. The number of rotatable bonds is 8. The molecule has 2 heterocycles. The van der Waals surface area contributed by atoms with Crippen LogP contribution in [0.25, 0.3) is 0 Å². The molecule has 11 heteroatoms. The lowest BCUT2D eigenvalue weighted by molar-refractivity contribution is 0.00547. The molecule has 0 radical (unpaired) electrons. The minimum absolute atomic E-state index is 0.132. The third kappa shape index (κ3) is 5.96. The molecule has 0 bridgehead atoms. The molecule has 0 amide bonds. The first kappa shape index (κ1) is 25.5. The Morgan fingerprint density at radius 1 is 0.941 bits per heavy atom. The largest absolute Gasteiger partial charge is 0.367 e. The minimum atomic E-state index is -3.59. The van der Waals surface area contributed by atoms with E-state index >= 15 is 0 Å². The van der Waals surface area contributed by atoms with E-state index in [4.69, 9.17) is 27.9 Å². The fourth-order valence-corrected chi connectivity index (χ4v) is 6.92. The molecule has 4 rings (SSSR count). The maximum Gasteiger partial charge on any atom is 0.252 e. The van der Waals surface area contributed by atoms with Gasteiger partial charge in [-0.3, -0.25) is 4.90 Å². The van der Waals surface area contributed by atoms with Crippen molar-refractivity contribution in [3.05, 3.63) is 86.7 Å². The summed E-state index contributed by atoms with van der Waals surface area (Å²) in [6.45, 7) is 1.79. The van der Waals surface area contributed by atoms with Gasteiger partial charge in [0.2, 0.25) is 0 Å². The Morgan fingerprint density at radius 2 is 1.59 bits per heavy atom. The van der Waals surface area contributed by atoms with Crippen LogP contribution in [0.15, 0.2) is 58.8 Å². The predicted octanol–water partition coefficient (Wildman–Crippen LogP) is 5.60. The summed E-state index contributed by atoms with van der Waals surface area (Å²) in [5.74, 6) is -1.33. The van der Waals surface area contributed by atoms with Crippen LogP contribution in [0.5, 0.6) is 0 Å². The lowest BCUT2D eigenvalue weighted by Gasteiger charge is -2.35. The Hall–Kier alpha value is -1.59. The van der Waals surface area contributed by atoms with Crippen molar-refractivity contribution in [1.29, 1.82) is 0 Å². The molecule has 0 spiro atoms. The Bertz CT molecular complexity index is 1210. The molecular formula is C23H22Cl2F2N2O3S2. The summed E-state index contributed by atoms with van der Waals surface area (Å²) in [4.78, 5) is 2.07. The van der Waals surface area contributed by atoms with E-state index in [1.807, 2.05) is 12.1 Å². The number of hydrogen-bond donors (Lipinski definition) is 0. The lowest BCUT2D eigenvalue weighted by Crippen LogP contribution is -2.49. The average molecular weight is 547 g/mol. The number of nitrogens with zero attached hydrogens (tertiary/aromatic N) is 2. The molecule has 5 nitrogen and oxygen atoms in total. The summed E-state index contributed by atoms with van der Waals surface area (Å²) < 4.78 is 62.0. The van der Waals surface area contributed by atoms with Gasteiger partial charge < -0.3 is 4.74 Å². The molecule has 1 fully saturated rings. The molecule has 3 aromatic rings. The molecule has 1 aromatic heterocycles. The third-order valence-corrected chi connectivity index (χ3v) is 9.48. The molecule has 0 N–H and O–H groups in total. The van der Waals surface area contributed by atoms with Gasteiger partial charge in [0.05, 0.1) is 17.0 Å². The monoisotopic (exact) mass is 546 g/mol. The van der Waals surface area contributed by atoms with Gasteiger partial charge in [-0.05, 0) is 42.0 Å². The molecule has 0 saturated carbocycles. The van der Waals surface area contributed by atoms with Crippen molar-refractivity contribution in [3.8, 4) is 0 Å². The average Bonchev–Trinajstić information content (AvgIpc) is 3.26. The highest BCUT2D eigenvalue weighted by Gasteiger charge is 2.31. The van der Waals surface area contributed by atoms with E-state index in [1.165, 1.54) is 28.6 Å². The minimum Gasteiger partial charge on any atom is -0.367 e. The van der Waals surface area contributed by atoms with E-state index in [1.54, 1.807) is 18.2 Å². The molecule has 1 saturated heterocycles. The lowest BCUT2D eigenvalue weighted by atomic mass is 10.1. The normalized spacial score (nSPS) is 16.6. The van der Waals surface area contributed by atoms with Gasteiger partial charge in [0.15, 0.2) is 0 Å². The number of piperazine rings is 1. The highest BCUT2D eigenvalue weighted by atomic mass is 35.5.